The predicted octanol–water partition coefficient (Wildman–Crippen LogP) is 2.41. The lowest BCUT2D eigenvalue weighted by atomic mass is 10.4. The molecule has 0 aliphatic rings. The maximum absolute atomic E-state index is 5.82. The molecule has 3 aromatic heterocycles. The van der Waals surface area contributed by atoms with Gasteiger partial charge in [-0.2, -0.15) is 15.0 Å². The van der Waals surface area contributed by atoms with Crippen LogP contribution in [0.2, 0.25) is 0 Å². The van der Waals surface area contributed by atoms with Gasteiger partial charge in [0.05, 0.1) is 11.5 Å². The summed E-state index contributed by atoms with van der Waals surface area (Å²) in [4.78, 5) is 14.6. The Morgan fingerprint density at radius 3 is 2.81 bits per heavy atom. The molecule has 0 radical (unpaired) electrons. The summed E-state index contributed by atoms with van der Waals surface area (Å²) in [7, 11) is 3.71. The van der Waals surface area contributed by atoms with Gasteiger partial charge in [0.15, 0.2) is 10.9 Å². The highest BCUT2D eigenvalue weighted by Crippen LogP contribution is 2.34. The molecule has 1 atom stereocenters. The monoisotopic (exact) mass is 372 g/mol. The molecule has 3 rings (SSSR count). The van der Waals surface area contributed by atoms with Crippen molar-refractivity contribution in [2.24, 2.45) is 0 Å². The van der Waals surface area contributed by atoms with E-state index in [0.29, 0.717) is 35.1 Å². The fourth-order valence-electron chi connectivity index (χ4n) is 2.25. The van der Waals surface area contributed by atoms with E-state index in [0.717, 1.165) is 0 Å². The van der Waals surface area contributed by atoms with Gasteiger partial charge in [0.25, 0.3) is 0 Å². The number of furan rings is 1. The van der Waals surface area contributed by atoms with Gasteiger partial charge >= 0.3 is 0 Å². The summed E-state index contributed by atoms with van der Waals surface area (Å²) in [5.41, 5.74) is 5.82. The molecule has 0 aliphatic carbocycles. The van der Waals surface area contributed by atoms with Gasteiger partial charge in [-0.05, 0) is 19.1 Å². The van der Waals surface area contributed by atoms with Gasteiger partial charge in [-0.3, -0.25) is 4.57 Å². The average molecular weight is 372 g/mol. The Hall–Kier alpha value is -2.88. The summed E-state index contributed by atoms with van der Waals surface area (Å²) in [6, 6.07) is 3.66. The lowest BCUT2D eigenvalue weighted by Gasteiger charge is -2.14. The first-order valence-electron chi connectivity index (χ1n) is 7.93. The zero-order chi connectivity index (χ0) is 18.7. The third-order valence-corrected chi connectivity index (χ3v) is 4.55. The SMILES string of the molecule is C=CCn1c(SC(C)c2nc(N)nc(N(C)C)n2)nnc1-c1ccco1. The second-order valence-electron chi connectivity index (χ2n) is 5.69. The molecular formula is C16H20N8OS. The maximum atomic E-state index is 5.82. The van der Waals surface area contributed by atoms with Gasteiger partial charge in [-0.1, -0.05) is 17.8 Å². The number of hydrogen-bond donors (Lipinski definition) is 1. The molecule has 0 bridgehead atoms. The summed E-state index contributed by atoms with van der Waals surface area (Å²) in [5.74, 6) is 2.59. The first kappa shape index (κ1) is 17.9. The van der Waals surface area contributed by atoms with Crippen molar-refractivity contribution in [3.63, 3.8) is 0 Å². The Balaban J connectivity index is 1.90. The Labute approximate surface area is 155 Å². The number of aromatic nitrogens is 6. The summed E-state index contributed by atoms with van der Waals surface area (Å²) in [5, 5.41) is 9.16. The summed E-state index contributed by atoms with van der Waals surface area (Å²) >= 11 is 1.48. The van der Waals surface area contributed by atoms with E-state index >= 15 is 0 Å². The van der Waals surface area contributed by atoms with E-state index < -0.39 is 0 Å². The molecule has 136 valence electrons. The van der Waals surface area contributed by atoms with E-state index in [2.05, 4.69) is 31.7 Å². The van der Waals surface area contributed by atoms with Crippen LogP contribution in [-0.2, 0) is 6.54 Å². The Bertz CT molecular complexity index is 890. The van der Waals surface area contributed by atoms with E-state index in [1.165, 1.54) is 11.8 Å². The zero-order valence-corrected chi connectivity index (χ0v) is 15.6. The lowest BCUT2D eigenvalue weighted by molar-refractivity contribution is 0.569. The van der Waals surface area contributed by atoms with E-state index in [4.69, 9.17) is 10.2 Å². The molecule has 26 heavy (non-hydrogen) atoms. The van der Waals surface area contributed by atoms with Crippen molar-refractivity contribution >= 4 is 23.7 Å². The molecule has 3 heterocycles. The van der Waals surface area contributed by atoms with Gasteiger partial charge in [-0.15, -0.1) is 16.8 Å². The van der Waals surface area contributed by atoms with Crippen LogP contribution in [-0.4, -0.2) is 43.8 Å². The number of nitrogens with two attached hydrogens (primary N) is 1. The van der Waals surface area contributed by atoms with Gasteiger partial charge in [0.1, 0.15) is 5.82 Å². The smallest absolute Gasteiger partial charge is 0.229 e. The van der Waals surface area contributed by atoms with Crippen LogP contribution in [0.15, 0.2) is 40.6 Å². The minimum absolute atomic E-state index is 0.101. The zero-order valence-electron chi connectivity index (χ0n) is 14.8. The molecule has 3 aromatic rings. The molecule has 2 N–H and O–H groups in total. The first-order chi connectivity index (χ1) is 12.5. The third-order valence-electron chi connectivity index (χ3n) is 3.47. The van der Waals surface area contributed by atoms with Crippen LogP contribution in [0.25, 0.3) is 11.6 Å². The van der Waals surface area contributed by atoms with E-state index in [9.17, 15) is 0 Å². The number of anilines is 2. The summed E-state index contributed by atoms with van der Waals surface area (Å²) < 4.78 is 7.38. The minimum atomic E-state index is -0.101. The predicted molar refractivity (Wildman–Crippen MR) is 101 cm³/mol. The standard InChI is InChI=1S/C16H20N8OS/c1-5-8-24-13(11-7-6-9-25-11)21-22-16(24)26-10(2)12-18-14(17)20-15(19-12)23(3)4/h5-7,9-10H,1,8H2,2-4H3,(H2,17,18,19,20). The van der Waals surface area contributed by atoms with E-state index in [1.807, 2.05) is 37.7 Å². The maximum Gasteiger partial charge on any atom is 0.229 e. The Morgan fingerprint density at radius 2 is 2.15 bits per heavy atom. The van der Waals surface area contributed by atoms with Crippen molar-refractivity contribution in [2.45, 2.75) is 23.9 Å². The van der Waals surface area contributed by atoms with E-state index in [-0.39, 0.29) is 11.2 Å². The van der Waals surface area contributed by atoms with Crippen LogP contribution in [0, 0.1) is 0 Å². The largest absolute Gasteiger partial charge is 0.461 e. The Kier molecular flexibility index (Phi) is 5.21. The summed E-state index contributed by atoms with van der Waals surface area (Å²) in [6.45, 7) is 6.35. The van der Waals surface area contributed by atoms with Crippen molar-refractivity contribution in [1.29, 1.82) is 0 Å². The molecule has 0 saturated carbocycles. The van der Waals surface area contributed by atoms with Crippen molar-refractivity contribution in [3.8, 4) is 11.6 Å². The van der Waals surface area contributed by atoms with Gasteiger partial charge < -0.3 is 15.1 Å². The molecule has 9 nitrogen and oxygen atoms in total. The second kappa shape index (κ2) is 7.56. The fourth-order valence-corrected chi connectivity index (χ4v) is 3.15. The van der Waals surface area contributed by atoms with Gasteiger partial charge in [0, 0.05) is 20.6 Å². The Morgan fingerprint density at radius 1 is 1.35 bits per heavy atom. The summed E-state index contributed by atoms with van der Waals surface area (Å²) in [6.07, 6.45) is 3.39. The molecule has 0 aliphatic heterocycles. The topological polar surface area (TPSA) is 112 Å². The molecule has 0 spiro atoms. The molecule has 1 unspecified atom stereocenters. The number of thioether (sulfide) groups is 1. The molecule has 0 saturated heterocycles. The first-order valence-corrected chi connectivity index (χ1v) is 8.81. The van der Waals surface area contributed by atoms with Crippen molar-refractivity contribution < 1.29 is 4.42 Å². The third kappa shape index (κ3) is 3.69. The minimum Gasteiger partial charge on any atom is -0.461 e. The van der Waals surface area contributed by atoms with Crippen LogP contribution in [0.1, 0.15) is 18.0 Å². The van der Waals surface area contributed by atoms with Gasteiger partial charge in [0.2, 0.25) is 17.7 Å². The highest BCUT2D eigenvalue weighted by molar-refractivity contribution is 7.99. The highest BCUT2D eigenvalue weighted by atomic mass is 32.2. The van der Waals surface area contributed by atoms with Crippen molar-refractivity contribution in [1.82, 2.24) is 29.7 Å². The number of hydrogen-bond acceptors (Lipinski definition) is 9. The lowest BCUT2D eigenvalue weighted by Crippen LogP contribution is -2.16. The van der Waals surface area contributed by atoms with Crippen molar-refractivity contribution in [2.75, 3.05) is 24.7 Å². The van der Waals surface area contributed by atoms with Crippen LogP contribution < -0.4 is 10.6 Å². The number of allylic oxidation sites excluding steroid dienone is 1. The molecule has 10 heteroatoms. The number of nitrogens with zero attached hydrogens (tertiary/aromatic N) is 7. The molecular weight excluding hydrogens is 352 g/mol. The fraction of sp³-hybridized carbons (Fsp3) is 0.312. The van der Waals surface area contributed by atoms with Gasteiger partial charge in [-0.25, -0.2) is 0 Å². The normalized spacial score (nSPS) is 12.1. The molecule has 0 aromatic carbocycles. The molecule has 0 fully saturated rings. The quantitative estimate of drug-likeness (QED) is 0.493. The van der Waals surface area contributed by atoms with Crippen molar-refractivity contribution in [3.05, 3.63) is 36.9 Å². The number of rotatable bonds is 7. The van der Waals surface area contributed by atoms with E-state index in [1.54, 1.807) is 17.2 Å². The van der Waals surface area contributed by atoms with Crippen LogP contribution >= 0.6 is 11.8 Å². The number of nitrogen functional groups attached to an aromatic ring is 1. The highest BCUT2D eigenvalue weighted by Gasteiger charge is 2.21. The van der Waals surface area contributed by atoms with Crippen LogP contribution in [0.4, 0.5) is 11.9 Å². The molecule has 0 amide bonds. The van der Waals surface area contributed by atoms with Crippen LogP contribution in [0.5, 0.6) is 0 Å². The van der Waals surface area contributed by atoms with Crippen LogP contribution in [0.3, 0.4) is 0 Å². The second-order valence-corrected chi connectivity index (χ2v) is 7.00. The average Bonchev–Trinajstić information content (AvgIpc) is 3.25.